The van der Waals surface area contributed by atoms with Crippen LogP contribution in [-0.4, -0.2) is 13.1 Å². The number of rotatable bonds is 4. The zero-order valence-corrected chi connectivity index (χ0v) is 8.89. The zero-order chi connectivity index (χ0) is 10.3. The first kappa shape index (κ1) is 11.9. The first-order valence-corrected chi connectivity index (χ1v) is 4.42. The summed E-state index contributed by atoms with van der Waals surface area (Å²) in [6, 6.07) is 0. The molecule has 0 atom stereocenters. The van der Waals surface area contributed by atoms with Gasteiger partial charge in [0.05, 0.1) is 13.5 Å². The molecule has 13 heavy (non-hydrogen) atoms. The third-order valence-corrected chi connectivity index (χ3v) is 1.64. The van der Waals surface area contributed by atoms with Gasteiger partial charge in [-0.3, -0.25) is 4.79 Å². The summed E-state index contributed by atoms with van der Waals surface area (Å²) in [5, 5.41) is 0. The number of esters is 1. The molecule has 2 heteroatoms. The van der Waals surface area contributed by atoms with Crippen LogP contribution < -0.4 is 0 Å². The minimum absolute atomic E-state index is 0.175. The third kappa shape index (κ3) is 7.32. The number of hydrogen-bond acceptors (Lipinski definition) is 2. The minimum atomic E-state index is -0.175. The van der Waals surface area contributed by atoms with Crippen molar-refractivity contribution in [3.8, 4) is 0 Å². The molecule has 2 nitrogen and oxygen atoms in total. The van der Waals surface area contributed by atoms with Gasteiger partial charge in [0.15, 0.2) is 0 Å². The van der Waals surface area contributed by atoms with Gasteiger partial charge in [0.1, 0.15) is 0 Å². The Morgan fingerprint density at radius 3 is 2.31 bits per heavy atom. The molecule has 0 aliphatic carbocycles. The predicted molar refractivity (Wildman–Crippen MR) is 54.4 cm³/mol. The number of carbonyl (C=O) groups is 1. The maximum Gasteiger partial charge on any atom is 0.309 e. The number of hydrogen-bond donors (Lipinski definition) is 0. The Morgan fingerprint density at radius 2 is 1.85 bits per heavy atom. The van der Waals surface area contributed by atoms with E-state index >= 15 is 0 Å². The van der Waals surface area contributed by atoms with Crippen LogP contribution in [0.15, 0.2) is 23.3 Å². The summed E-state index contributed by atoms with van der Waals surface area (Å²) in [6.07, 6.45) is 5.46. The van der Waals surface area contributed by atoms with Crippen LogP contribution >= 0.6 is 0 Å². The molecule has 0 aliphatic rings. The first-order valence-electron chi connectivity index (χ1n) is 4.42. The molecule has 0 N–H and O–H groups in total. The second-order valence-corrected chi connectivity index (χ2v) is 3.32. The van der Waals surface area contributed by atoms with Crippen LogP contribution in [0.5, 0.6) is 0 Å². The van der Waals surface area contributed by atoms with Crippen LogP contribution in [0.25, 0.3) is 0 Å². The quantitative estimate of drug-likeness (QED) is 0.493. The number of allylic oxidation sites excluding steroid dienone is 3. The van der Waals surface area contributed by atoms with Gasteiger partial charge in [0, 0.05) is 0 Å². The number of carbonyl (C=O) groups excluding carboxylic acids is 1. The second-order valence-electron chi connectivity index (χ2n) is 3.32. The Balaban J connectivity index is 3.89. The summed E-state index contributed by atoms with van der Waals surface area (Å²) in [5.41, 5.74) is 2.35. The molecular formula is C11H18O2. The van der Waals surface area contributed by atoms with Gasteiger partial charge < -0.3 is 4.74 Å². The van der Waals surface area contributed by atoms with Gasteiger partial charge in [-0.2, -0.15) is 0 Å². The van der Waals surface area contributed by atoms with Crippen molar-refractivity contribution in [3.63, 3.8) is 0 Å². The van der Waals surface area contributed by atoms with Crippen LogP contribution in [0.2, 0.25) is 0 Å². The molecule has 0 radical (unpaired) electrons. The van der Waals surface area contributed by atoms with Gasteiger partial charge in [0.2, 0.25) is 0 Å². The molecule has 0 heterocycles. The summed E-state index contributed by atoms with van der Waals surface area (Å²) >= 11 is 0. The predicted octanol–water partition coefficient (Wildman–Crippen LogP) is 2.85. The fourth-order valence-electron chi connectivity index (χ4n) is 0.868. The van der Waals surface area contributed by atoms with E-state index in [1.165, 1.54) is 12.7 Å². The molecule has 0 fully saturated rings. The van der Waals surface area contributed by atoms with Crippen molar-refractivity contribution in [2.24, 2.45) is 0 Å². The number of ether oxygens (including phenoxy) is 1. The summed E-state index contributed by atoms with van der Waals surface area (Å²) in [6.45, 7) is 6.06. The molecular weight excluding hydrogens is 164 g/mol. The van der Waals surface area contributed by atoms with Crippen LogP contribution in [0.1, 0.15) is 33.6 Å². The van der Waals surface area contributed by atoms with Crippen molar-refractivity contribution in [1.82, 2.24) is 0 Å². The molecule has 0 aromatic carbocycles. The molecule has 0 aliphatic heterocycles. The van der Waals surface area contributed by atoms with Crippen molar-refractivity contribution < 1.29 is 9.53 Å². The Hall–Kier alpha value is -1.05. The SMILES string of the molecule is COC(=O)C/C(C)=C\CC=C(C)C. The summed E-state index contributed by atoms with van der Waals surface area (Å²) in [7, 11) is 1.41. The average Bonchev–Trinajstić information content (AvgIpc) is 2.03. The van der Waals surface area contributed by atoms with E-state index in [4.69, 9.17) is 0 Å². The highest BCUT2D eigenvalue weighted by atomic mass is 16.5. The smallest absolute Gasteiger partial charge is 0.309 e. The van der Waals surface area contributed by atoms with Gasteiger partial charge in [-0.05, 0) is 27.2 Å². The Morgan fingerprint density at radius 1 is 1.23 bits per heavy atom. The largest absolute Gasteiger partial charge is 0.469 e. The van der Waals surface area contributed by atoms with Crippen molar-refractivity contribution in [2.45, 2.75) is 33.6 Å². The van der Waals surface area contributed by atoms with Crippen molar-refractivity contribution in [3.05, 3.63) is 23.3 Å². The van der Waals surface area contributed by atoms with Gasteiger partial charge >= 0.3 is 5.97 Å². The molecule has 74 valence electrons. The van der Waals surface area contributed by atoms with E-state index in [0.717, 1.165) is 12.0 Å². The standard InChI is InChI=1S/C11H18O2/c1-9(2)6-5-7-10(3)8-11(12)13-4/h6-7H,5,8H2,1-4H3/b10-7-. The highest BCUT2D eigenvalue weighted by Crippen LogP contribution is 2.04. The molecule has 0 rings (SSSR count). The van der Waals surface area contributed by atoms with E-state index in [0.29, 0.717) is 6.42 Å². The molecule has 0 saturated heterocycles. The molecule has 0 bridgehead atoms. The van der Waals surface area contributed by atoms with Crippen molar-refractivity contribution in [1.29, 1.82) is 0 Å². The third-order valence-electron chi connectivity index (χ3n) is 1.64. The first-order chi connectivity index (χ1) is 6.06. The van der Waals surface area contributed by atoms with E-state index in [9.17, 15) is 4.79 Å². The van der Waals surface area contributed by atoms with Crippen molar-refractivity contribution in [2.75, 3.05) is 7.11 Å². The summed E-state index contributed by atoms with van der Waals surface area (Å²) in [5.74, 6) is -0.175. The molecule has 0 spiro atoms. The van der Waals surface area contributed by atoms with Gasteiger partial charge in [-0.25, -0.2) is 0 Å². The minimum Gasteiger partial charge on any atom is -0.469 e. The monoisotopic (exact) mass is 182 g/mol. The molecule has 0 unspecified atom stereocenters. The van der Waals surface area contributed by atoms with E-state index < -0.39 is 0 Å². The molecule has 0 aromatic rings. The number of methoxy groups -OCH3 is 1. The van der Waals surface area contributed by atoms with Crippen LogP contribution in [0.3, 0.4) is 0 Å². The normalized spacial score (nSPS) is 10.9. The lowest BCUT2D eigenvalue weighted by Gasteiger charge is -1.98. The average molecular weight is 182 g/mol. The topological polar surface area (TPSA) is 26.3 Å². The maximum absolute atomic E-state index is 10.8. The Bertz CT molecular complexity index is 220. The van der Waals surface area contributed by atoms with Gasteiger partial charge in [-0.15, -0.1) is 0 Å². The van der Waals surface area contributed by atoms with E-state index in [-0.39, 0.29) is 5.97 Å². The molecule has 0 amide bonds. The lowest BCUT2D eigenvalue weighted by atomic mass is 10.1. The van der Waals surface area contributed by atoms with Crippen LogP contribution in [0.4, 0.5) is 0 Å². The fraction of sp³-hybridized carbons (Fsp3) is 0.545. The second kappa shape index (κ2) is 6.46. The lowest BCUT2D eigenvalue weighted by molar-refractivity contribution is -0.139. The zero-order valence-electron chi connectivity index (χ0n) is 8.89. The highest BCUT2D eigenvalue weighted by molar-refractivity contribution is 5.72. The Labute approximate surface area is 80.3 Å². The van der Waals surface area contributed by atoms with Gasteiger partial charge in [-0.1, -0.05) is 23.3 Å². The maximum atomic E-state index is 10.8. The highest BCUT2D eigenvalue weighted by Gasteiger charge is 1.99. The van der Waals surface area contributed by atoms with E-state index in [1.807, 2.05) is 13.0 Å². The Kier molecular flexibility index (Phi) is 5.94. The van der Waals surface area contributed by atoms with Crippen LogP contribution in [-0.2, 0) is 9.53 Å². The lowest BCUT2D eigenvalue weighted by Crippen LogP contribution is -1.99. The fourth-order valence-corrected chi connectivity index (χ4v) is 0.868. The van der Waals surface area contributed by atoms with Crippen LogP contribution in [0, 0.1) is 0 Å². The van der Waals surface area contributed by atoms with E-state index in [2.05, 4.69) is 24.7 Å². The molecule has 0 saturated carbocycles. The van der Waals surface area contributed by atoms with E-state index in [1.54, 1.807) is 0 Å². The summed E-state index contributed by atoms with van der Waals surface area (Å²) < 4.78 is 4.55. The summed E-state index contributed by atoms with van der Waals surface area (Å²) in [4.78, 5) is 10.8. The van der Waals surface area contributed by atoms with Crippen molar-refractivity contribution >= 4 is 5.97 Å². The molecule has 0 aromatic heterocycles. The van der Waals surface area contributed by atoms with Gasteiger partial charge in [0.25, 0.3) is 0 Å².